The van der Waals surface area contributed by atoms with Gasteiger partial charge in [-0.15, -0.1) is 9.24 Å². The van der Waals surface area contributed by atoms with Crippen molar-refractivity contribution in [2.24, 2.45) is 4.99 Å². The molecule has 0 fully saturated rings. The molecule has 0 aliphatic heterocycles. The molecule has 0 aromatic rings. The SMILES string of the molecule is C=C/C(C)=N\C=C(/C)OCC(C)P. The predicted octanol–water partition coefficient (Wildman–Crippen LogP) is 2.77. The minimum absolute atomic E-state index is 0.466. The Bertz CT molecular complexity index is 219. The van der Waals surface area contributed by atoms with Gasteiger partial charge in [0.2, 0.25) is 0 Å². The highest BCUT2D eigenvalue weighted by molar-refractivity contribution is 7.17. The third-order valence-electron chi connectivity index (χ3n) is 1.32. The van der Waals surface area contributed by atoms with Crippen molar-refractivity contribution in [3.05, 3.63) is 24.6 Å². The molecule has 74 valence electrons. The average Bonchev–Trinajstić information content (AvgIpc) is 2.10. The van der Waals surface area contributed by atoms with Gasteiger partial charge in [-0.3, -0.25) is 4.99 Å². The third kappa shape index (κ3) is 7.73. The summed E-state index contributed by atoms with van der Waals surface area (Å²) >= 11 is 0. The van der Waals surface area contributed by atoms with Crippen LogP contribution in [0.2, 0.25) is 0 Å². The van der Waals surface area contributed by atoms with Crippen molar-refractivity contribution in [3.63, 3.8) is 0 Å². The Kier molecular flexibility index (Phi) is 6.52. The van der Waals surface area contributed by atoms with Crippen molar-refractivity contribution in [1.29, 1.82) is 0 Å². The van der Waals surface area contributed by atoms with E-state index in [1.165, 1.54) is 0 Å². The summed E-state index contributed by atoms with van der Waals surface area (Å²) < 4.78 is 5.40. The van der Waals surface area contributed by atoms with E-state index >= 15 is 0 Å². The molecular formula is C10H18NOP. The number of allylic oxidation sites excluding steroid dienone is 2. The second-order valence-electron chi connectivity index (χ2n) is 3.00. The fourth-order valence-corrected chi connectivity index (χ4v) is 0.642. The van der Waals surface area contributed by atoms with Crippen molar-refractivity contribution in [2.75, 3.05) is 6.61 Å². The molecule has 13 heavy (non-hydrogen) atoms. The van der Waals surface area contributed by atoms with Crippen molar-refractivity contribution < 1.29 is 4.74 Å². The van der Waals surface area contributed by atoms with Crippen LogP contribution in [0.3, 0.4) is 0 Å². The van der Waals surface area contributed by atoms with E-state index in [1.54, 1.807) is 12.3 Å². The maximum Gasteiger partial charge on any atom is 0.111 e. The molecule has 0 aliphatic rings. The Morgan fingerprint density at radius 1 is 1.62 bits per heavy atom. The van der Waals surface area contributed by atoms with E-state index in [9.17, 15) is 0 Å². The molecule has 0 saturated heterocycles. The van der Waals surface area contributed by atoms with Crippen LogP contribution in [0.25, 0.3) is 0 Å². The molecule has 0 N–H and O–H groups in total. The van der Waals surface area contributed by atoms with Gasteiger partial charge in [-0.25, -0.2) is 0 Å². The molecule has 0 heterocycles. The minimum atomic E-state index is 0.466. The van der Waals surface area contributed by atoms with Gasteiger partial charge in [0.1, 0.15) is 5.76 Å². The van der Waals surface area contributed by atoms with E-state index in [0.717, 1.165) is 11.5 Å². The molecule has 2 nitrogen and oxygen atoms in total. The third-order valence-corrected chi connectivity index (χ3v) is 1.51. The highest BCUT2D eigenvalue weighted by Gasteiger charge is 1.94. The maximum absolute atomic E-state index is 5.40. The van der Waals surface area contributed by atoms with Crippen molar-refractivity contribution in [3.8, 4) is 0 Å². The fourth-order valence-electron chi connectivity index (χ4n) is 0.546. The average molecular weight is 199 g/mol. The Hall–Kier alpha value is -0.620. The van der Waals surface area contributed by atoms with Crippen LogP contribution in [0.1, 0.15) is 20.8 Å². The predicted molar refractivity (Wildman–Crippen MR) is 62.2 cm³/mol. The van der Waals surface area contributed by atoms with E-state index in [1.807, 2.05) is 13.8 Å². The number of ether oxygens (including phenoxy) is 1. The first-order valence-electron chi connectivity index (χ1n) is 4.28. The summed E-state index contributed by atoms with van der Waals surface area (Å²) in [5.74, 6) is 0.829. The molecule has 2 unspecified atom stereocenters. The standard InChI is InChI=1S/C10H18NOP/c1-5-8(2)11-6-9(3)12-7-10(4)13/h5-6,10H,1,7,13H2,2-4H3/b9-6+,11-8-. The maximum atomic E-state index is 5.40. The quantitative estimate of drug-likeness (QED) is 0.379. The van der Waals surface area contributed by atoms with Gasteiger partial charge in [-0.05, 0) is 19.9 Å². The topological polar surface area (TPSA) is 21.6 Å². The molecule has 0 aliphatic carbocycles. The van der Waals surface area contributed by atoms with Crippen LogP contribution in [0.4, 0.5) is 0 Å². The highest BCUT2D eigenvalue weighted by Crippen LogP contribution is 2.03. The molecule has 2 atom stereocenters. The summed E-state index contributed by atoms with van der Waals surface area (Å²) in [7, 11) is 2.68. The monoisotopic (exact) mass is 199 g/mol. The normalized spacial score (nSPS) is 15.4. The summed E-state index contributed by atoms with van der Waals surface area (Å²) in [5, 5.41) is 0. The van der Waals surface area contributed by atoms with Crippen LogP contribution in [-0.4, -0.2) is 18.0 Å². The molecule has 0 spiro atoms. The van der Waals surface area contributed by atoms with Gasteiger partial charge in [0, 0.05) is 11.4 Å². The number of aliphatic imine (C=N–C) groups is 1. The lowest BCUT2D eigenvalue weighted by molar-refractivity contribution is 0.217. The minimum Gasteiger partial charge on any atom is -0.496 e. The highest BCUT2D eigenvalue weighted by atomic mass is 31.0. The second kappa shape index (κ2) is 6.85. The summed E-state index contributed by atoms with van der Waals surface area (Å²) in [5.41, 5.74) is 1.36. The van der Waals surface area contributed by atoms with Gasteiger partial charge in [-0.1, -0.05) is 13.5 Å². The molecule has 0 aromatic carbocycles. The van der Waals surface area contributed by atoms with Gasteiger partial charge >= 0.3 is 0 Å². The zero-order valence-electron chi connectivity index (χ0n) is 8.58. The van der Waals surface area contributed by atoms with Crippen molar-refractivity contribution >= 4 is 15.0 Å². The molecule has 0 rings (SSSR count). The van der Waals surface area contributed by atoms with Crippen LogP contribution < -0.4 is 0 Å². The second-order valence-corrected chi connectivity index (χ2v) is 4.14. The smallest absolute Gasteiger partial charge is 0.111 e. The zero-order chi connectivity index (χ0) is 10.3. The van der Waals surface area contributed by atoms with Crippen LogP contribution >= 0.6 is 9.24 Å². The van der Waals surface area contributed by atoms with Gasteiger partial charge in [0.15, 0.2) is 0 Å². The molecule has 3 heteroatoms. The summed E-state index contributed by atoms with van der Waals surface area (Å²) in [4.78, 5) is 4.13. The van der Waals surface area contributed by atoms with Gasteiger partial charge < -0.3 is 4.74 Å². The summed E-state index contributed by atoms with van der Waals surface area (Å²) in [6, 6.07) is 0. The summed E-state index contributed by atoms with van der Waals surface area (Å²) in [6.45, 7) is 10.2. The van der Waals surface area contributed by atoms with E-state index in [4.69, 9.17) is 4.74 Å². The molecular weight excluding hydrogens is 181 g/mol. The van der Waals surface area contributed by atoms with Gasteiger partial charge in [0.05, 0.1) is 12.8 Å². The Morgan fingerprint density at radius 3 is 2.69 bits per heavy atom. The van der Waals surface area contributed by atoms with E-state index < -0.39 is 0 Å². The Balaban J connectivity index is 3.95. The van der Waals surface area contributed by atoms with Crippen molar-refractivity contribution in [2.45, 2.75) is 26.4 Å². The van der Waals surface area contributed by atoms with E-state index in [2.05, 4.69) is 27.7 Å². The zero-order valence-corrected chi connectivity index (χ0v) is 9.73. The number of rotatable bonds is 5. The molecule has 0 aromatic heterocycles. The van der Waals surface area contributed by atoms with Crippen LogP contribution in [0, 0.1) is 0 Å². The van der Waals surface area contributed by atoms with Crippen LogP contribution in [0.15, 0.2) is 29.6 Å². The fraction of sp³-hybridized carbons (Fsp3) is 0.500. The Labute approximate surface area is 83.0 Å². The number of nitrogens with zero attached hydrogens (tertiary/aromatic N) is 1. The first-order valence-corrected chi connectivity index (χ1v) is 4.95. The lowest BCUT2D eigenvalue weighted by atomic mass is 10.4. The first-order chi connectivity index (χ1) is 6.06. The van der Waals surface area contributed by atoms with E-state index in [-0.39, 0.29) is 0 Å². The molecule has 0 amide bonds. The molecule has 0 bridgehead atoms. The molecule has 0 radical (unpaired) electrons. The van der Waals surface area contributed by atoms with Gasteiger partial charge in [0.25, 0.3) is 0 Å². The lowest BCUT2D eigenvalue weighted by Gasteiger charge is -2.07. The van der Waals surface area contributed by atoms with E-state index in [0.29, 0.717) is 12.3 Å². The lowest BCUT2D eigenvalue weighted by Crippen LogP contribution is -2.02. The number of hydrogen-bond acceptors (Lipinski definition) is 2. The van der Waals surface area contributed by atoms with Gasteiger partial charge in [-0.2, -0.15) is 0 Å². The summed E-state index contributed by atoms with van der Waals surface area (Å²) in [6.07, 6.45) is 3.42. The van der Waals surface area contributed by atoms with Crippen LogP contribution in [0.5, 0.6) is 0 Å². The van der Waals surface area contributed by atoms with Crippen molar-refractivity contribution in [1.82, 2.24) is 0 Å². The largest absolute Gasteiger partial charge is 0.496 e. The Morgan fingerprint density at radius 2 is 2.23 bits per heavy atom. The van der Waals surface area contributed by atoms with Crippen LogP contribution in [-0.2, 0) is 4.74 Å². The number of hydrogen-bond donors (Lipinski definition) is 0. The molecule has 0 saturated carbocycles. The first kappa shape index (κ1) is 12.4.